The second-order valence-electron chi connectivity index (χ2n) is 2.99. The average molecular weight is 230 g/mol. The molecule has 15 heavy (non-hydrogen) atoms. The average Bonchev–Trinajstić information content (AvgIpc) is 2.58. The Morgan fingerprint density at radius 2 is 1.40 bits per heavy atom. The molecule has 0 bridgehead atoms. The van der Waals surface area contributed by atoms with Gasteiger partial charge in [0, 0.05) is 0 Å². The third-order valence-corrected chi connectivity index (χ3v) is 1.99. The van der Waals surface area contributed by atoms with Crippen molar-refractivity contribution in [3.8, 4) is 0 Å². The van der Waals surface area contributed by atoms with Gasteiger partial charge < -0.3 is 34.8 Å². The topological polar surface area (TPSA) is 122 Å². The maximum atomic E-state index is 10.8. The molecule has 0 aromatic carbocycles. The molecular weight excluding hydrogens is 218 g/mol. The van der Waals surface area contributed by atoms with E-state index in [-0.39, 0.29) is 29.6 Å². The smallest absolute Gasteiger partial charge is 0.832 e. The van der Waals surface area contributed by atoms with Gasteiger partial charge in [0.2, 0.25) is 0 Å². The monoisotopic (exact) mass is 230 g/mol. The molecule has 1 saturated heterocycles. The molecule has 0 radical (unpaired) electrons. The minimum atomic E-state index is -1.81. The quantitative estimate of drug-likeness (QED) is 0.354. The Balaban J connectivity index is 0.00000196. The summed E-state index contributed by atoms with van der Waals surface area (Å²) < 4.78 is 9.18. The van der Waals surface area contributed by atoms with Gasteiger partial charge in [0.1, 0.15) is 12.2 Å². The Kier molecular flexibility index (Phi) is 7.55. The number of hydrogen-bond acceptors (Lipinski definition) is 7. The molecule has 0 spiro atoms. The van der Waals surface area contributed by atoms with E-state index < -0.39 is 45.0 Å². The molecule has 1 aliphatic heterocycles. The van der Waals surface area contributed by atoms with Crippen LogP contribution in [0.5, 0.6) is 0 Å². The minimum Gasteiger partial charge on any atom is -0.832 e. The fourth-order valence-electron chi connectivity index (χ4n) is 1.27. The first kappa shape index (κ1) is 15.8. The molecule has 0 aromatic heterocycles. The molecule has 0 saturated carbocycles. The van der Waals surface area contributed by atoms with Crippen molar-refractivity contribution in [3.63, 3.8) is 0 Å². The van der Waals surface area contributed by atoms with Gasteiger partial charge in [-0.15, -0.1) is 0 Å². The summed E-state index contributed by atoms with van der Waals surface area (Å²) >= 11 is 0. The van der Waals surface area contributed by atoms with E-state index >= 15 is 0 Å². The summed E-state index contributed by atoms with van der Waals surface area (Å²) in [5.74, 6) is 0. The van der Waals surface area contributed by atoms with Crippen LogP contribution in [-0.4, -0.2) is 65.4 Å². The molecule has 0 aromatic rings. The van der Waals surface area contributed by atoms with Gasteiger partial charge >= 0.3 is 36.9 Å². The van der Waals surface area contributed by atoms with Gasteiger partial charge in [0.05, 0.1) is 25.4 Å². The summed E-state index contributed by atoms with van der Waals surface area (Å²) in [6, 6.07) is 0. The first-order chi connectivity index (χ1) is 6.60. The zero-order valence-electron chi connectivity index (χ0n) is 8.31. The SMILES string of the molecule is [Na+].[O-]B1OC(C(O)CO)C(C(O)CO)O1. The Morgan fingerprint density at radius 3 is 1.67 bits per heavy atom. The van der Waals surface area contributed by atoms with Crippen molar-refractivity contribution in [1.82, 2.24) is 0 Å². The number of aliphatic hydroxyl groups is 4. The van der Waals surface area contributed by atoms with Crippen LogP contribution in [0.3, 0.4) is 0 Å². The predicted octanol–water partition coefficient (Wildman–Crippen LogP) is -7.17. The minimum absolute atomic E-state index is 0. The molecule has 82 valence electrons. The van der Waals surface area contributed by atoms with E-state index in [0.29, 0.717) is 0 Å². The molecule has 1 fully saturated rings. The van der Waals surface area contributed by atoms with Gasteiger partial charge in [-0.3, -0.25) is 0 Å². The summed E-state index contributed by atoms with van der Waals surface area (Å²) in [6.45, 7) is -1.23. The Morgan fingerprint density at radius 1 is 1.07 bits per heavy atom. The predicted molar refractivity (Wildman–Crippen MR) is 41.7 cm³/mol. The summed E-state index contributed by atoms with van der Waals surface area (Å²) in [5.41, 5.74) is 0. The van der Waals surface area contributed by atoms with Crippen LogP contribution in [0.1, 0.15) is 0 Å². The van der Waals surface area contributed by atoms with Crippen molar-refractivity contribution in [2.75, 3.05) is 13.2 Å². The van der Waals surface area contributed by atoms with E-state index in [1.165, 1.54) is 0 Å². The molecule has 1 rings (SSSR count). The van der Waals surface area contributed by atoms with Crippen molar-refractivity contribution >= 4 is 7.32 Å². The van der Waals surface area contributed by atoms with Crippen molar-refractivity contribution in [2.45, 2.75) is 24.4 Å². The fraction of sp³-hybridized carbons (Fsp3) is 1.00. The van der Waals surface area contributed by atoms with Crippen LogP contribution in [0.4, 0.5) is 0 Å². The largest absolute Gasteiger partial charge is 1.00 e. The van der Waals surface area contributed by atoms with Crippen molar-refractivity contribution in [3.05, 3.63) is 0 Å². The zero-order chi connectivity index (χ0) is 10.7. The van der Waals surface area contributed by atoms with E-state index in [1.54, 1.807) is 0 Å². The molecule has 1 aliphatic rings. The van der Waals surface area contributed by atoms with Gasteiger partial charge in [0.25, 0.3) is 0 Å². The third-order valence-electron chi connectivity index (χ3n) is 1.99. The summed E-state index contributed by atoms with van der Waals surface area (Å²) in [4.78, 5) is 0. The van der Waals surface area contributed by atoms with Crippen LogP contribution in [-0.2, 0) is 9.31 Å². The van der Waals surface area contributed by atoms with Gasteiger partial charge in [-0.1, -0.05) is 0 Å². The Labute approximate surface area is 109 Å². The van der Waals surface area contributed by atoms with Crippen LogP contribution in [0.2, 0.25) is 0 Å². The van der Waals surface area contributed by atoms with Gasteiger partial charge in [0.15, 0.2) is 0 Å². The molecule has 4 atom stereocenters. The third kappa shape index (κ3) is 3.93. The summed E-state index contributed by atoms with van der Waals surface area (Å²) in [7, 11) is -1.81. The second kappa shape index (κ2) is 7.18. The van der Waals surface area contributed by atoms with Gasteiger partial charge in [-0.25, -0.2) is 0 Å². The fourth-order valence-corrected chi connectivity index (χ4v) is 1.27. The molecule has 4 unspecified atom stereocenters. The summed E-state index contributed by atoms with van der Waals surface area (Å²) in [5, 5.41) is 46.4. The van der Waals surface area contributed by atoms with Crippen molar-refractivity contribution in [2.24, 2.45) is 0 Å². The van der Waals surface area contributed by atoms with Crippen LogP contribution in [0.15, 0.2) is 0 Å². The van der Waals surface area contributed by atoms with Crippen LogP contribution in [0, 0.1) is 0 Å². The van der Waals surface area contributed by atoms with Crippen LogP contribution >= 0.6 is 0 Å². The molecule has 0 amide bonds. The normalized spacial score (nSPS) is 29.8. The molecular formula is C6H12BNaO7. The van der Waals surface area contributed by atoms with E-state index in [9.17, 15) is 15.2 Å². The molecule has 7 nitrogen and oxygen atoms in total. The number of hydrogen-bond donors (Lipinski definition) is 4. The molecule has 4 N–H and O–H groups in total. The Hall–Kier alpha value is 0.785. The van der Waals surface area contributed by atoms with E-state index in [2.05, 4.69) is 9.31 Å². The Bertz CT molecular complexity index is 167. The summed E-state index contributed by atoms with van der Waals surface area (Å²) in [6.07, 6.45) is -4.88. The first-order valence-electron chi connectivity index (χ1n) is 4.14. The van der Waals surface area contributed by atoms with E-state index in [0.717, 1.165) is 0 Å². The van der Waals surface area contributed by atoms with E-state index in [1.807, 2.05) is 0 Å². The molecule has 9 heteroatoms. The standard InChI is InChI=1S/C6H12BO7.Na/c8-1-3(10)5-6(4(11)2-9)14-7(12)13-5;/h3-6,8-11H,1-2H2;/q-1;+1. The van der Waals surface area contributed by atoms with Crippen molar-refractivity contribution in [1.29, 1.82) is 0 Å². The zero-order valence-corrected chi connectivity index (χ0v) is 10.3. The van der Waals surface area contributed by atoms with Crippen LogP contribution in [0.25, 0.3) is 0 Å². The molecule has 0 aliphatic carbocycles. The van der Waals surface area contributed by atoms with Gasteiger partial charge in [-0.2, -0.15) is 0 Å². The second-order valence-corrected chi connectivity index (χ2v) is 2.99. The maximum absolute atomic E-state index is 10.8. The van der Waals surface area contributed by atoms with Crippen LogP contribution < -0.4 is 34.6 Å². The maximum Gasteiger partial charge on any atom is 1.00 e. The van der Waals surface area contributed by atoms with Crippen molar-refractivity contribution < 1.29 is 64.3 Å². The number of aliphatic hydroxyl groups excluding tert-OH is 4. The number of rotatable bonds is 4. The van der Waals surface area contributed by atoms with E-state index in [4.69, 9.17) is 10.2 Å². The molecule has 1 heterocycles. The van der Waals surface area contributed by atoms with Gasteiger partial charge in [-0.05, 0) is 0 Å². The first-order valence-corrected chi connectivity index (χ1v) is 4.14.